The largest absolute Gasteiger partial charge is 0.338 e. The molecule has 0 fully saturated rings. The standard InChI is InChI=1S/C16H14FN3O2S/c1-9-15(10(2)21)23-16(18-9)19-14(22)8-20-6-5-11-7-12(17)3-4-13(11)20/h3-7H,8H2,1-2H3,(H,18,19,22). The lowest BCUT2D eigenvalue weighted by Crippen LogP contribution is -2.18. The van der Waals surface area contributed by atoms with Gasteiger partial charge in [-0.3, -0.25) is 9.59 Å². The van der Waals surface area contributed by atoms with Crippen molar-refractivity contribution < 1.29 is 14.0 Å². The molecule has 1 aromatic carbocycles. The van der Waals surface area contributed by atoms with Gasteiger partial charge < -0.3 is 9.88 Å². The summed E-state index contributed by atoms with van der Waals surface area (Å²) in [6.07, 6.45) is 1.73. The SMILES string of the molecule is CC(=O)c1sc(NC(=O)Cn2ccc3cc(F)ccc32)nc1C. The van der Waals surface area contributed by atoms with Crippen molar-refractivity contribution in [3.05, 3.63) is 46.9 Å². The molecule has 0 bridgehead atoms. The van der Waals surface area contributed by atoms with Gasteiger partial charge in [0.25, 0.3) is 0 Å². The first-order chi connectivity index (χ1) is 10.9. The summed E-state index contributed by atoms with van der Waals surface area (Å²) in [6, 6.07) is 6.18. The molecule has 23 heavy (non-hydrogen) atoms. The number of nitrogens with one attached hydrogen (secondary N) is 1. The molecule has 0 aliphatic heterocycles. The lowest BCUT2D eigenvalue weighted by molar-refractivity contribution is -0.116. The number of aryl methyl sites for hydroxylation is 1. The third kappa shape index (κ3) is 3.14. The number of nitrogens with zero attached hydrogens (tertiary/aromatic N) is 2. The average molecular weight is 331 g/mol. The van der Waals surface area contributed by atoms with Gasteiger partial charge in [-0.25, -0.2) is 9.37 Å². The molecule has 3 rings (SSSR count). The van der Waals surface area contributed by atoms with E-state index < -0.39 is 0 Å². The Labute approximate surface area is 135 Å². The van der Waals surface area contributed by atoms with Crippen molar-refractivity contribution in [1.82, 2.24) is 9.55 Å². The third-order valence-electron chi connectivity index (χ3n) is 3.41. The second kappa shape index (κ2) is 5.92. The minimum atomic E-state index is -0.310. The molecule has 0 atom stereocenters. The van der Waals surface area contributed by atoms with Crippen LogP contribution >= 0.6 is 11.3 Å². The summed E-state index contributed by atoms with van der Waals surface area (Å²) in [6.45, 7) is 3.29. The normalized spacial score (nSPS) is 10.9. The summed E-state index contributed by atoms with van der Waals surface area (Å²) >= 11 is 1.16. The number of carbonyl (C=O) groups is 2. The van der Waals surface area contributed by atoms with Gasteiger partial charge in [0.15, 0.2) is 10.9 Å². The van der Waals surface area contributed by atoms with Gasteiger partial charge in [-0.15, -0.1) is 0 Å². The Bertz CT molecular complexity index is 913. The minimum absolute atomic E-state index is 0.0704. The number of benzene rings is 1. The van der Waals surface area contributed by atoms with Crippen LogP contribution in [0.15, 0.2) is 30.5 Å². The monoisotopic (exact) mass is 331 g/mol. The van der Waals surface area contributed by atoms with Crippen molar-refractivity contribution in [2.24, 2.45) is 0 Å². The smallest absolute Gasteiger partial charge is 0.246 e. The molecular weight excluding hydrogens is 317 g/mol. The molecule has 0 spiro atoms. The second-order valence-electron chi connectivity index (χ2n) is 5.18. The molecule has 3 aromatic rings. The number of amides is 1. The van der Waals surface area contributed by atoms with Gasteiger partial charge in [-0.1, -0.05) is 11.3 Å². The third-order valence-corrected chi connectivity index (χ3v) is 4.58. The number of fused-ring (bicyclic) bond motifs is 1. The van der Waals surface area contributed by atoms with E-state index in [1.807, 2.05) is 0 Å². The highest BCUT2D eigenvalue weighted by Crippen LogP contribution is 2.23. The average Bonchev–Trinajstić information content (AvgIpc) is 3.02. The van der Waals surface area contributed by atoms with Gasteiger partial charge in [0.1, 0.15) is 12.4 Å². The quantitative estimate of drug-likeness (QED) is 0.745. The Balaban J connectivity index is 1.76. The number of rotatable bonds is 4. The van der Waals surface area contributed by atoms with Crippen molar-refractivity contribution in [3.63, 3.8) is 0 Å². The Morgan fingerprint density at radius 3 is 2.83 bits per heavy atom. The van der Waals surface area contributed by atoms with E-state index in [0.29, 0.717) is 15.7 Å². The van der Waals surface area contributed by atoms with Crippen molar-refractivity contribution in [2.75, 3.05) is 5.32 Å². The second-order valence-corrected chi connectivity index (χ2v) is 6.18. The zero-order valence-electron chi connectivity index (χ0n) is 12.6. The number of hydrogen-bond donors (Lipinski definition) is 1. The maximum Gasteiger partial charge on any atom is 0.246 e. The molecule has 1 amide bonds. The predicted octanol–water partition coefficient (Wildman–Crippen LogP) is 3.39. The van der Waals surface area contributed by atoms with Gasteiger partial charge in [0.2, 0.25) is 5.91 Å². The van der Waals surface area contributed by atoms with Crippen LogP contribution in [0.3, 0.4) is 0 Å². The highest BCUT2D eigenvalue weighted by Gasteiger charge is 2.14. The molecular formula is C16H14FN3O2S. The first kappa shape index (κ1) is 15.4. The summed E-state index contributed by atoms with van der Waals surface area (Å²) in [5.41, 5.74) is 1.39. The zero-order chi connectivity index (χ0) is 16.6. The van der Waals surface area contributed by atoms with Crippen LogP contribution in [0.5, 0.6) is 0 Å². The molecule has 0 saturated carbocycles. The van der Waals surface area contributed by atoms with Crippen LogP contribution in [0, 0.1) is 12.7 Å². The predicted molar refractivity (Wildman–Crippen MR) is 87.4 cm³/mol. The van der Waals surface area contributed by atoms with E-state index in [2.05, 4.69) is 10.3 Å². The molecule has 2 aromatic heterocycles. The molecule has 7 heteroatoms. The number of Topliss-reactive ketones (excluding diaryl/α,β-unsaturated/α-hetero) is 1. The Morgan fingerprint density at radius 2 is 2.13 bits per heavy atom. The fourth-order valence-electron chi connectivity index (χ4n) is 2.40. The lowest BCUT2D eigenvalue weighted by Gasteiger charge is -2.05. The molecule has 0 saturated heterocycles. The molecule has 1 N–H and O–H groups in total. The Morgan fingerprint density at radius 1 is 1.35 bits per heavy atom. The van der Waals surface area contributed by atoms with E-state index in [1.165, 1.54) is 19.1 Å². The maximum absolute atomic E-state index is 13.2. The van der Waals surface area contributed by atoms with E-state index in [9.17, 15) is 14.0 Å². The summed E-state index contributed by atoms with van der Waals surface area (Å²) in [5.74, 6) is -0.635. The summed E-state index contributed by atoms with van der Waals surface area (Å²) in [5, 5.41) is 3.83. The first-order valence-corrected chi connectivity index (χ1v) is 7.78. The van der Waals surface area contributed by atoms with Gasteiger partial charge in [-0.2, -0.15) is 0 Å². The van der Waals surface area contributed by atoms with Crippen LogP contribution < -0.4 is 5.32 Å². The van der Waals surface area contributed by atoms with Crippen LogP contribution in [0.2, 0.25) is 0 Å². The number of carbonyl (C=O) groups excluding carboxylic acids is 2. The van der Waals surface area contributed by atoms with E-state index in [4.69, 9.17) is 0 Å². The van der Waals surface area contributed by atoms with Gasteiger partial charge >= 0.3 is 0 Å². The minimum Gasteiger partial charge on any atom is -0.338 e. The van der Waals surface area contributed by atoms with Crippen molar-refractivity contribution >= 4 is 39.1 Å². The number of aromatic nitrogens is 2. The fraction of sp³-hybridized carbons (Fsp3) is 0.188. The Hall–Kier alpha value is -2.54. The van der Waals surface area contributed by atoms with Gasteiger partial charge in [-0.05, 0) is 31.2 Å². The molecule has 5 nitrogen and oxygen atoms in total. The molecule has 0 unspecified atom stereocenters. The lowest BCUT2D eigenvalue weighted by atomic mass is 10.2. The van der Waals surface area contributed by atoms with Crippen molar-refractivity contribution in [3.8, 4) is 0 Å². The fourth-order valence-corrected chi connectivity index (χ4v) is 3.28. The van der Waals surface area contributed by atoms with Crippen molar-refractivity contribution in [2.45, 2.75) is 20.4 Å². The number of thiazole rings is 1. The molecule has 2 heterocycles. The van der Waals surface area contributed by atoms with Crippen LogP contribution in [0.4, 0.5) is 9.52 Å². The zero-order valence-corrected chi connectivity index (χ0v) is 13.4. The van der Waals surface area contributed by atoms with Crippen LogP contribution in [-0.2, 0) is 11.3 Å². The van der Waals surface area contributed by atoms with Crippen molar-refractivity contribution in [1.29, 1.82) is 0 Å². The highest BCUT2D eigenvalue weighted by atomic mass is 32.1. The van der Waals surface area contributed by atoms with E-state index in [-0.39, 0.29) is 24.1 Å². The number of anilines is 1. The van der Waals surface area contributed by atoms with Gasteiger partial charge in [0, 0.05) is 24.0 Å². The number of ketones is 1. The molecule has 0 radical (unpaired) electrons. The topological polar surface area (TPSA) is 64.0 Å². The summed E-state index contributed by atoms with van der Waals surface area (Å²) < 4.78 is 14.9. The van der Waals surface area contributed by atoms with E-state index in [1.54, 1.807) is 29.8 Å². The van der Waals surface area contributed by atoms with E-state index >= 15 is 0 Å². The Kier molecular flexibility index (Phi) is 3.96. The molecule has 118 valence electrons. The first-order valence-electron chi connectivity index (χ1n) is 6.96. The number of hydrogen-bond acceptors (Lipinski definition) is 4. The summed E-state index contributed by atoms with van der Waals surface area (Å²) in [7, 11) is 0. The summed E-state index contributed by atoms with van der Waals surface area (Å²) in [4.78, 5) is 28.3. The van der Waals surface area contributed by atoms with Crippen LogP contribution in [0.25, 0.3) is 10.9 Å². The molecule has 0 aliphatic rings. The van der Waals surface area contributed by atoms with E-state index in [0.717, 1.165) is 22.2 Å². The number of halogens is 1. The van der Waals surface area contributed by atoms with Crippen LogP contribution in [-0.4, -0.2) is 21.2 Å². The molecule has 0 aliphatic carbocycles. The maximum atomic E-state index is 13.2. The highest BCUT2D eigenvalue weighted by molar-refractivity contribution is 7.17. The van der Waals surface area contributed by atoms with Crippen LogP contribution in [0.1, 0.15) is 22.3 Å². The van der Waals surface area contributed by atoms with Gasteiger partial charge in [0.05, 0.1) is 10.6 Å².